The zero-order chi connectivity index (χ0) is 16.9. The maximum absolute atomic E-state index is 12.6. The molecular formula is C19H23NO4. The fourth-order valence-corrected chi connectivity index (χ4v) is 4.75. The molecule has 1 aromatic rings. The topological polar surface area (TPSA) is 64.6 Å². The van der Waals surface area contributed by atoms with E-state index in [-0.39, 0.29) is 29.6 Å². The van der Waals surface area contributed by atoms with E-state index in [0.717, 1.165) is 12.8 Å². The van der Waals surface area contributed by atoms with Gasteiger partial charge in [-0.15, -0.1) is 0 Å². The molecule has 1 aromatic carbocycles. The van der Waals surface area contributed by atoms with Crippen molar-refractivity contribution in [2.75, 3.05) is 13.7 Å². The van der Waals surface area contributed by atoms with Crippen LogP contribution in [0.3, 0.4) is 0 Å². The second-order valence-corrected chi connectivity index (χ2v) is 7.38. The fourth-order valence-electron chi connectivity index (χ4n) is 4.75. The third-order valence-corrected chi connectivity index (χ3v) is 5.75. The van der Waals surface area contributed by atoms with E-state index in [0.29, 0.717) is 30.3 Å². The highest BCUT2D eigenvalue weighted by Crippen LogP contribution is 2.65. The minimum absolute atomic E-state index is 0.00518. The first kappa shape index (κ1) is 15.6. The van der Waals surface area contributed by atoms with Gasteiger partial charge in [0.15, 0.2) is 5.78 Å². The van der Waals surface area contributed by atoms with E-state index >= 15 is 0 Å². The van der Waals surface area contributed by atoms with Gasteiger partial charge >= 0.3 is 0 Å². The quantitative estimate of drug-likeness (QED) is 0.920. The maximum atomic E-state index is 12.6. The number of benzene rings is 1. The van der Waals surface area contributed by atoms with Gasteiger partial charge in [0.05, 0.1) is 18.6 Å². The van der Waals surface area contributed by atoms with Gasteiger partial charge in [-0.05, 0) is 37.8 Å². The van der Waals surface area contributed by atoms with E-state index in [4.69, 9.17) is 9.47 Å². The standard InChI is InChI=1S/C19H23NO4/c1-11(10-23-2)20-18(22)16-13-7-8-19(17(13)16)9-14(21)12-5-3-4-6-15(12)24-19/h3-6,11,13,16-17H,7-10H2,1-2H3,(H,20,22)/t11-,13-,16+,17+,19-/m0/s1. The number of ether oxygens (including phenoxy) is 2. The third-order valence-electron chi connectivity index (χ3n) is 5.75. The number of nitrogens with one attached hydrogen (secondary N) is 1. The Morgan fingerprint density at radius 2 is 2.25 bits per heavy atom. The summed E-state index contributed by atoms with van der Waals surface area (Å²) in [6, 6.07) is 7.43. The maximum Gasteiger partial charge on any atom is 0.224 e. The van der Waals surface area contributed by atoms with Crippen LogP contribution in [0.4, 0.5) is 0 Å². The van der Waals surface area contributed by atoms with Gasteiger partial charge in [0.1, 0.15) is 11.4 Å². The van der Waals surface area contributed by atoms with E-state index in [2.05, 4.69) is 5.32 Å². The molecule has 128 valence electrons. The first-order valence-corrected chi connectivity index (χ1v) is 8.66. The molecule has 0 aromatic heterocycles. The number of amides is 1. The lowest BCUT2D eigenvalue weighted by Crippen LogP contribution is -2.45. The van der Waals surface area contributed by atoms with E-state index in [1.807, 2.05) is 31.2 Å². The lowest BCUT2D eigenvalue weighted by molar-refractivity contribution is -0.125. The summed E-state index contributed by atoms with van der Waals surface area (Å²) in [4.78, 5) is 25.1. The van der Waals surface area contributed by atoms with Crippen molar-refractivity contribution in [3.8, 4) is 5.75 Å². The second-order valence-electron chi connectivity index (χ2n) is 7.38. The fraction of sp³-hybridized carbons (Fsp3) is 0.579. The first-order chi connectivity index (χ1) is 11.6. The minimum Gasteiger partial charge on any atom is -0.486 e. The molecule has 1 spiro atoms. The molecule has 5 nitrogen and oxygen atoms in total. The van der Waals surface area contributed by atoms with Crippen LogP contribution in [0.2, 0.25) is 0 Å². The van der Waals surface area contributed by atoms with Gasteiger partial charge in [-0.2, -0.15) is 0 Å². The Labute approximate surface area is 141 Å². The van der Waals surface area contributed by atoms with Crippen LogP contribution in [0.15, 0.2) is 24.3 Å². The van der Waals surface area contributed by atoms with Gasteiger partial charge < -0.3 is 14.8 Å². The first-order valence-electron chi connectivity index (χ1n) is 8.66. The predicted octanol–water partition coefficient (Wildman–Crippen LogP) is 2.20. The van der Waals surface area contributed by atoms with Crippen molar-refractivity contribution in [1.29, 1.82) is 0 Å². The van der Waals surface area contributed by atoms with Gasteiger partial charge in [0.25, 0.3) is 0 Å². The molecule has 5 atom stereocenters. The number of Topliss-reactive ketones (excluding diaryl/α,β-unsaturated/α-hetero) is 1. The summed E-state index contributed by atoms with van der Waals surface area (Å²) in [5.41, 5.74) is 0.185. The number of ketones is 1. The number of rotatable bonds is 4. The molecule has 0 radical (unpaired) electrons. The minimum atomic E-state index is -0.484. The Balaban J connectivity index is 1.51. The third kappa shape index (κ3) is 2.34. The van der Waals surface area contributed by atoms with Gasteiger partial charge in [0, 0.05) is 25.0 Å². The number of para-hydroxylation sites is 1. The van der Waals surface area contributed by atoms with Crippen molar-refractivity contribution in [3.05, 3.63) is 29.8 Å². The summed E-state index contributed by atoms with van der Waals surface area (Å²) >= 11 is 0. The number of hydrogen-bond donors (Lipinski definition) is 1. The largest absolute Gasteiger partial charge is 0.486 e. The van der Waals surface area contributed by atoms with Crippen molar-refractivity contribution in [2.45, 2.75) is 37.8 Å². The highest BCUT2D eigenvalue weighted by molar-refractivity contribution is 6.00. The zero-order valence-corrected chi connectivity index (χ0v) is 14.1. The molecule has 2 fully saturated rings. The summed E-state index contributed by atoms with van der Waals surface area (Å²) in [6.45, 7) is 2.44. The van der Waals surface area contributed by atoms with E-state index in [9.17, 15) is 9.59 Å². The molecule has 2 saturated carbocycles. The summed E-state index contributed by atoms with van der Waals surface area (Å²) in [6.07, 6.45) is 2.21. The Morgan fingerprint density at radius 1 is 1.46 bits per heavy atom. The molecule has 0 bridgehead atoms. The van der Waals surface area contributed by atoms with Crippen LogP contribution in [0.5, 0.6) is 5.75 Å². The van der Waals surface area contributed by atoms with Crippen molar-refractivity contribution in [1.82, 2.24) is 5.32 Å². The number of methoxy groups -OCH3 is 1. The van der Waals surface area contributed by atoms with Gasteiger partial charge in [-0.25, -0.2) is 0 Å². The van der Waals surface area contributed by atoms with Crippen molar-refractivity contribution in [2.24, 2.45) is 17.8 Å². The Kier molecular flexibility index (Phi) is 3.64. The molecule has 0 saturated heterocycles. The summed E-state index contributed by atoms with van der Waals surface area (Å²) in [5.74, 6) is 1.35. The molecule has 1 N–H and O–H groups in total. The van der Waals surface area contributed by atoms with Gasteiger partial charge in [-0.3, -0.25) is 9.59 Å². The second kappa shape index (κ2) is 5.59. The molecule has 24 heavy (non-hydrogen) atoms. The highest BCUT2D eigenvalue weighted by atomic mass is 16.5. The molecule has 1 amide bonds. The summed E-state index contributed by atoms with van der Waals surface area (Å²) in [5, 5.41) is 3.02. The Morgan fingerprint density at radius 3 is 3.04 bits per heavy atom. The predicted molar refractivity (Wildman–Crippen MR) is 87.9 cm³/mol. The van der Waals surface area contributed by atoms with E-state index in [1.165, 1.54) is 0 Å². The lowest BCUT2D eigenvalue weighted by atomic mass is 9.84. The number of fused-ring (bicyclic) bond motifs is 3. The lowest BCUT2D eigenvalue weighted by Gasteiger charge is -2.37. The monoisotopic (exact) mass is 329 g/mol. The van der Waals surface area contributed by atoms with Crippen molar-refractivity contribution in [3.63, 3.8) is 0 Å². The average Bonchev–Trinajstić information content (AvgIpc) is 3.20. The smallest absolute Gasteiger partial charge is 0.224 e. The molecule has 3 aliphatic rings. The van der Waals surface area contributed by atoms with Gasteiger partial charge in [0.2, 0.25) is 5.91 Å². The van der Waals surface area contributed by atoms with E-state index in [1.54, 1.807) is 7.11 Å². The van der Waals surface area contributed by atoms with E-state index < -0.39 is 5.60 Å². The molecular weight excluding hydrogens is 306 g/mol. The zero-order valence-electron chi connectivity index (χ0n) is 14.1. The summed E-state index contributed by atoms with van der Waals surface area (Å²) < 4.78 is 11.4. The van der Waals surface area contributed by atoms with Crippen LogP contribution in [0.25, 0.3) is 0 Å². The Bertz CT molecular complexity index is 688. The molecule has 4 rings (SSSR count). The Hall–Kier alpha value is -1.88. The molecule has 5 heteroatoms. The molecule has 1 heterocycles. The van der Waals surface area contributed by atoms with Crippen LogP contribution in [-0.2, 0) is 9.53 Å². The van der Waals surface area contributed by atoms with Crippen LogP contribution in [-0.4, -0.2) is 37.0 Å². The van der Waals surface area contributed by atoms with Crippen LogP contribution in [0.1, 0.15) is 36.5 Å². The van der Waals surface area contributed by atoms with Crippen LogP contribution < -0.4 is 10.1 Å². The van der Waals surface area contributed by atoms with Crippen LogP contribution in [0, 0.1) is 17.8 Å². The van der Waals surface area contributed by atoms with Crippen LogP contribution >= 0.6 is 0 Å². The number of carbonyl (C=O) groups is 2. The molecule has 2 aliphatic carbocycles. The average molecular weight is 329 g/mol. The number of carbonyl (C=O) groups excluding carboxylic acids is 2. The van der Waals surface area contributed by atoms with Gasteiger partial charge in [-0.1, -0.05) is 12.1 Å². The normalized spacial score (nSPS) is 34.2. The number of hydrogen-bond acceptors (Lipinski definition) is 4. The van der Waals surface area contributed by atoms with Crippen molar-refractivity contribution >= 4 is 11.7 Å². The molecule has 0 unspecified atom stereocenters. The van der Waals surface area contributed by atoms with Crippen molar-refractivity contribution < 1.29 is 19.1 Å². The molecule has 1 aliphatic heterocycles. The highest BCUT2D eigenvalue weighted by Gasteiger charge is 2.70. The SMILES string of the molecule is COC[C@H](C)NC(=O)[C@@H]1[C@@H]2CC[C@]3(CC(=O)c4ccccc4O3)[C@H]21. The summed E-state index contributed by atoms with van der Waals surface area (Å²) in [7, 11) is 1.63.